The second kappa shape index (κ2) is 5.83. The molecule has 90 valence electrons. The molecule has 0 aliphatic carbocycles. The summed E-state index contributed by atoms with van der Waals surface area (Å²) in [7, 11) is 1.77. The Morgan fingerprint density at radius 2 is 2.20 bits per heavy atom. The van der Waals surface area contributed by atoms with E-state index in [-0.39, 0.29) is 0 Å². The third-order valence-electron chi connectivity index (χ3n) is 2.94. The molecule has 1 atom stereocenters. The number of hydrogen-bond donors (Lipinski definition) is 1. The summed E-state index contributed by atoms with van der Waals surface area (Å²) in [6, 6.07) is 0.606. The topological polar surface area (TPSA) is 24.5 Å². The summed E-state index contributed by atoms with van der Waals surface area (Å²) in [5, 5.41) is 3.58. The first-order valence-corrected chi connectivity index (χ1v) is 5.98. The van der Waals surface area contributed by atoms with Crippen molar-refractivity contribution in [1.29, 1.82) is 0 Å². The van der Waals surface area contributed by atoms with Gasteiger partial charge in [-0.3, -0.25) is 0 Å². The van der Waals surface area contributed by atoms with Crippen molar-refractivity contribution in [2.75, 3.05) is 39.9 Å². The summed E-state index contributed by atoms with van der Waals surface area (Å²) in [6.07, 6.45) is 1.14. The molecule has 3 heteroatoms. The van der Waals surface area contributed by atoms with Gasteiger partial charge in [0.25, 0.3) is 0 Å². The number of ether oxygens (including phenoxy) is 1. The van der Waals surface area contributed by atoms with Crippen LogP contribution in [0, 0.1) is 5.41 Å². The quantitative estimate of drug-likeness (QED) is 0.715. The number of rotatable bonds is 4. The van der Waals surface area contributed by atoms with Crippen LogP contribution in [-0.2, 0) is 4.74 Å². The van der Waals surface area contributed by atoms with Crippen molar-refractivity contribution in [1.82, 2.24) is 10.2 Å². The normalized spacial score (nSPS) is 27.6. The summed E-state index contributed by atoms with van der Waals surface area (Å²) in [5.74, 6) is 0. The van der Waals surface area contributed by atoms with E-state index >= 15 is 0 Å². The maximum absolute atomic E-state index is 5.10. The molecule has 1 heterocycles. The lowest BCUT2D eigenvalue weighted by atomic mass is 9.93. The molecule has 0 spiro atoms. The van der Waals surface area contributed by atoms with Gasteiger partial charge >= 0.3 is 0 Å². The zero-order chi connectivity index (χ0) is 11.3. The zero-order valence-electron chi connectivity index (χ0n) is 10.7. The maximum Gasteiger partial charge on any atom is 0.0474 e. The van der Waals surface area contributed by atoms with Crippen LogP contribution >= 0.6 is 0 Å². The van der Waals surface area contributed by atoms with Crippen LogP contribution < -0.4 is 5.32 Å². The molecule has 0 aromatic rings. The van der Waals surface area contributed by atoms with Crippen LogP contribution in [0.2, 0.25) is 0 Å². The van der Waals surface area contributed by atoms with Gasteiger partial charge in [0.1, 0.15) is 0 Å². The Morgan fingerprint density at radius 3 is 2.87 bits per heavy atom. The summed E-state index contributed by atoms with van der Waals surface area (Å²) < 4.78 is 5.10. The standard InChI is InChI=1S/C12H26N2O/c1-11-8-14(6-5-7-15-4)10-12(2,3)9-13-11/h11,13H,5-10H2,1-4H3. The van der Waals surface area contributed by atoms with Gasteiger partial charge in [0.05, 0.1) is 0 Å². The van der Waals surface area contributed by atoms with Gasteiger partial charge in [-0.25, -0.2) is 0 Å². The van der Waals surface area contributed by atoms with E-state index < -0.39 is 0 Å². The van der Waals surface area contributed by atoms with Crippen LogP contribution in [0.3, 0.4) is 0 Å². The van der Waals surface area contributed by atoms with Gasteiger partial charge in [-0.05, 0) is 18.8 Å². The van der Waals surface area contributed by atoms with Crippen LogP contribution in [0.5, 0.6) is 0 Å². The van der Waals surface area contributed by atoms with E-state index in [1.165, 1.54) is 6.54 Å². The molecular weight excluding hydrogens is 188 g/mol. The van der Waals surface area contributed by atoms with Gasteiger partial charge in [0, 0.05) is 45.9 Å². The fourth-order valence-electron chi connectivity index (χ4n) is 2.23. The molecular formula is C12H26N2O. The number of nitrogens with zero attached hydrogens (tertiary/aromatic N) is 1. The predicted octanol–water partition coefficient (Wildman–Crippen LogP) is 1.34. The number of hydrogen-bond acceptors (Lipinski definition) is 3. The Labute approximate surface area is 94.2 Å². The summed E-state index contributed by atoms with van der Waals surface area (Å²) in [4.78, 5) is 2.56. The molecule has 3 nitrogen and oxygen atoms in total. The Balaban J connectivity index is 2.39. The predicted molar refractivity (Wildman–Crippen MR) is 64.2 cm³/mol. The largest absolute Gasteiger partial charge is 0.385 e. The molecule has 1 saturated heterocycles. The second-order valence-electron chi connectivity index (χ2n) is 5.53. The Kier molecular flexibility index (Phi) is 5.03. The SMILES string of the molecule is COCCCN1CC(C)NCC(C)(C)C1. The van der Waals surface area contributed by atoms with Crippen molar-refractivity contribution < 1.29 is 4.74 Å². The minimum Gasteiger partial charge on any atom is -0.385 e. The lowest BCUT2D eigenvalue weighted by Crippen LogP contribution is -2.36. The third-order valence-corrected chi connectivity index (χ3v) is 2.94. The Bertz CT molecular complexity index is 182. The highest BCUT2D eigenvalue weighted by atomic mass is 16.5. The van der Waals surface area contributed by atoms with Crippen molar-refractivity contribution in [3.05, 3.63) is 0 Å². The second-order valence-corrected chi connectivity index (χ2v) is 5.53. The monoisotopic (exact) mass is 214 g/mol. The first-order valence-electron chi connectivity index (χ1n) is 5.98. The number of methoxy groups -OCH3 is 1. The van der Waals surface area contributed by atoms with Crippen molar-refractivity contribution >= 4 is 0 Å². The van der Waals surface area contributed by atoms with Crippen molar-refractivity contribution in [3.8, 4) is 0 Å². The molecule has 1 N–H and O–H groups in total. The average Bonchev–Trinajstić information content (AvgIpc) is 2.26. The van der Waals surface area contributed by atoms with Gasteiger partial charge in [0.2, 0.25) is 0 Å². The van der Waals surface area contributed by atoms with Crippen LogP contribution in [0.15, 0.2) is 0 Å². The van der Waals surface area contributed by atoms with Gasteiger partial charge in [-0.2, -0.15) is 0 Å². The summed E-state index contributed by atoms with van der Waals surface area (Å²) in [5.41, 5.74) is 0.387. The van der Waals surface area contributed by atoms with Crippen molar-refractivity contribution in [2.45, 2.75) is 33.2 Å². The molecule has 0 amide bonds. The third kappa shape index (κ3) is 4.96. The lowest BCUT2D eigenvalue weighted by molar-refractivity contribution is 0.155. The average molecular weight is 214 g/mol. The molecule has 1 rings (SSSR count). The van der Waals surface area contributed by atoms with E-state index in [9.17, 15) is 0 Å². The first-order chi connectivity index (χ1) is 7.03. The molecule has 0 radical (unpaired) electrons. The van der Waals surface area contributed by atoms with Crippen LogP contribution in [0.4, 0.5) is 0 Å². The molecule has 15 heavy (non-hydrogen) atoms. The van der Waals surface area contributed by atoms with Gasteiger partial charge in [-0.1, -0.05) is 13.8 Å². The van der Waals surface area contributed by atoms with Crippen LogP contribution in [-0.4, -0.2) is 50.8 Å². The molecule has 0 aromatic heterocycles. The van der Waals surface area contributed by atoms with Crippen molar-refractivity contribution in [3.63, 3.8) is 0 Å². The molecule has 1 aliphatic heterocycles. The molecule has 1 fully saturated rings. The highest BCUT2D eigenvalue weighted by Gasteiger charge is 2.26. The van der Waals surface area contributed by atoms with Crippen molar-refractivity contribution in [2.24, 2.45) is 5.41 Å². The minimum atomic E-state index is 0.387. The fourth-order valence-corrected chi connectivity index (χ4v) is 2.23. The summed E-state index contributed by atoms with van der Waals surface area (Å²) >= 11 is 0. The zero-order valence-corrected chi connectivity index (χ0v) is 10.7. The van der Waals surface area contributed by atoms with E-state index in [0.717, 1.165) is 32.7 Å². The van der Waals surface area contributed by atoms with Gasteiger partial charge < -0.3 is 15.0 Å². The molecule has 1 unspecified atom stereocenters. The minimum absolute atomic E-state index is 0.387. The van der Waals surface area contributed by atoms with E-state index in [4.69, 9.17) is 4.74 Å². The first kappa shape index (κ1) is 12.9. The Morgan fingerprint density at radius 1 is 1.47 bits per heavy atom. The fraction of sp³-hybridized carbons (Fsp3) is 1.00. The highest BCUT2D eigenvalue weighted by Crippen LogP contribution is 2.19. The molecule has 0 bridgehead atoms. The Hall–Kier alpha value is -0.120. The van der Waals surface area contributed by atoms with Gasteiger partial charge in [-0.15, -0.1) is 0 Å². The maximum atomic E-state index is 5.10. The smallest absolute Gasteiger partial charge is 0.0474 e. The molecule has 1 aliphatic rings. The van der Waals surface area contributed by atoms with Gasteiger partial charge in [0.15, 0.2) is 0 Å². The van der Waals surface area contributed by atoms with E-state index in [1.54, 1.807) is 7.11 Å². The lowest BCUT2D eigenvalue weighted by Gasteiger charge is -2.29. The summed E-state index contributed by atoms with van der Waals surface area (Å²) in [6.45, 7) is 12.4. The molecule has 0 saturated carbocycles. The van der Waals surface area contributed by atoms with Crippen LogP contribution in [0.25, 0.3) is 0 Å². The van der Waals surface area contributed by atoms with E-state index in [1.807, 2.05) is 0 Å². The highest BCUT2D eigenvalue weighted by molar-refractivity contribution is 4.83. The van der Waals surface area contributed by atoms with Crippen LogP contribution in [0.1, 0.15) is 27.2 Å². The molecule has 0 aromatic carbocycles. The number of nitrogens with one attached hydrogen (secondary N) is 1. The van der Waals surface area contributed by atoms with E-state index in [2.05, 4.69) is 31.0 Å². The van der Waals surface area contributed by atoms with E-state index in [0.29, 0.717) is 11.5 Å².